The number of ether oxygens (including phenoxy) is 1. The van der Waals surface area contributed by atoms with Gasteiger partial charge in [0, 0.05) is 6.07 Å². The summed E-state index contributed by atoms with van der Waals surface area (Å²) in [6, 6.07) is 9.08. The summed E-state index contributed by atoms with van der Waals surface area (Å²) in [6.45, 7) is 0. The summed E-state index contributed by atoms with van der Waals surface area (Å²) in [5.41, 5.74) is 0.544. The van der Waals surface area contributed by atoms with E-state index in [0.29, 0.717) is 5.56 Å². The smallest absolute Gasteiger partial charge is 0.310 e. The van der Waals surface area contributed by atoms with Crippen LogP contribution in [-0.4, -0.2) is 12.0 Å². The second kappa shape index (κ2) is 6.66. The largest absolute Gasteiger partial charge is 0.490 e. The Balaban J connectivity index is 2.49. The predicted molar refractivity (Wildman–Crippen MR) is 79.5 cm³/mol. The number of nitrogens with zero attached hydrogens (tertiary/aromatic N) is 2. The van der Waals surface area contributed by atoms with E-state index in [9.17, 15) is 24.2 Å². The van der Waals surface area contributed by atoms with E-state index >= 15 is 0 Å². The van der Waals surface area contributed by atoms with Crippen LogP contribution in [0.2, 0.25) is 0 Å². The molecule has 2 aromatic rings. The highest BCUT2D eigenvalue weighted by Gasteiger charge is 2.16. The first-order valence-electron chi connectivity index (χ1n) is 6.36. The Morgan fingerprint density at radius 3 is 2.57 bits per heavy atom. The van der Waals surface area contributed by atoms with Crippen molar-refractivity contribution < 1.29 is 18.4 Å². The zero-order valence-corrected chi connectivity index (χ0v) is 11.9. The summed E-state index contributed by atoms with van der Waals surface area (Å²) in [7, 11) is 1.28. The van der Waals surface area contributed by atoms with Gasteiger partial charge in [-0.25, -0.2) is 8.78 Å². The number of halogens is 2. The summed E-state index contributed by atoms with van der Waals surface area (Å²) in [5.74, 6) is -2.02. The van der Waals surface area contributed by atoms with Crippen LogP contribution in [0.4, 0.5) is 14.5 Å². The molecule has 2 rings (SSSR count). The van der Waals surface area contributed by atoms with Crippen LogP contribution in [0, 0.1) is 33.1 Å². The van der Waals surface area contributed by atoms with E-state index in [4.69, 9.17) is 4.74 Å². The van der Waals surface area contributed by atoms with Crippen molar-refractivity contribution >= 4 is 17.3 Å². The molecule has 0 radical (unpaired) electrons. The first-order valence-corrected chi connectivity index (χ1v) is 6.36. The Bertz CT molecular complexity index is 842. The van der Waals surface area contributed by atoms with E-state index in [1.165, 1.54) is 37.5 Å². The number of hydrogen-bond donors (Lipinski definition) is 0. The number of methoxy groups -OCH3 is 1. The van der Waals surface area contributed by atoms with Crippen LogP contribution >= 0.6 is 0 Å². The highest BCUT2D eigenvalue weighted by atomic mass is 19.2. The highest BCUT2D eigenvalue weighted by Crippen LogP contribution is 2.30. The molecular formula is C16H10F2N2O3. The molecular weight excluding hydrogens is 306 g/mol. The monoisotopic (exact) mass is 316 g/mol. The normalized spacial score (nSPS) is 11.0. The van der Waals surface area contributed by atoms with E-state index in [-0.39, 0.29) is 22.6 Å². The number of benzene rings is 2. The van der Waals surface area contributed by atoms with Gasteiger partial charge >= 0.3 is 5.69 Å². The molecule has 0 atom stereocenters. The van der Waals surface area contributed by atoms with Crippen molar-refractivity contribution in [2.24, 2.45) is 0 Å². The van der Waals surface area contributed by atoms with Gasteiger partial charge in [-0.3, -0.25) is 10.1 Å². The molecule has 2 aromatic carbocycles. The third-order valence-electron chi connectivity index (χ3n) is 3.06. The molecule has 0 aliphatic rings. The van der Waals surface area contributed by atoms with Gasteiger partial charge in [0.05, 0.1) is 23.7 Å². The van der Waals surface area contributed by atoms with Crippen molar-refractivity contribution in [3.05, 3.63) is 69.3 Å². The summed E-state index contributed by atoms with van der Waals surface area (Å²) in [4.78, 5) is 10.3. The van der Waals surface area contributed by atoms with E-state index in [2.05, 4.69) is 0 Å². The van der Waals surface area contributed by atoms with Crippen molar-refractivity contribution in [3.8, 4) is 11.8 Å². The maximum absolute atomic E-state index is 13.2. The molecule has 0 spiro atoms. The van der Waals surface area contributed by atoms with Gasteiger partial charge in [-0.05, 0) is 41.5 Å². The Hall–Kier alpha value is -3.27. The number of nitro groups is 1. The summed E-state index contributed by atoms with van der Waals surface area (Å²) >= 11 is 0. The van der Waals surface area contributed by atoms with Crippen molar-refractivity contribution in [3.63, 3.8) is 0 Å². The lowest BCUT2D eigenvalue weighted by molar-refractivity contribution is -0.385. The molecule has 0 aliphatic heterocycles. The van der Waals surface area contributed by atoms with E-state index < -0.39 is 16.6 Å². The molecule has 0 saturated carbocycles. The molecule has 23 heavy (non-hydrogen) atoms. The highest BCUT2D eigenvalue weighted by molar-refractivity contribution is 5.90. The van der Waals surface area contributed by atoms with Crippen molar-refractivity contribution in [1.82, 2.24) is 0 Å². The SMILES string of the molecule is COc1cc(C(C#N)=Cc2ccc(F)c(F)c2)ccc1[N+](=O)[O-]. The van der Waals surface area contributed by atoms with Crippen molar-refractivity contribution in [1.29, 1.82) is 5.26 Å². The van der Waals surface area contributed by atoms with E-state index in [1.807, 2.05) is 6.07 Å². The molecule has 116 valence electrons. The van der Waals surface area contributed by atoms with Gasteiger partial charge in [0.2, 0.25) is 0 Å². The fraction of sp³-hybridized carbons (Fsp3) is 0.0625. The lowest BCUT2D eigenvalue weighted by Crippen LogP contribution is -1.95. The van der Waals surface area contributed by atoms with Gasteiger partial charge in [0.1, 0.15) is 0 Å². The minimum Gasteiger partial charge on any atom is -0.490 e. The van der Waals surface area contributed by atoms with Gasteiger partial charge in [-0.15, -0.1) is 0 Å². The molecule has 0 heterocycles. The molecule has 0 N–H and O–H groups in total. The maximum Gasteiger partial charge on any atom is 0.310 e. The minimum atomic E-state index is -1.03. The van der Waals surface area contributed by atoms with Crippen LogP contribution in [-0.2, 0) is 0 Å². The molecule has 0 saturated heterocycles. The first kappa shape index (κ1) is 16.1. The molecule has 0 bridgehead atoms. The quantitative estimate of drug-likeness (QED) is 0.370. The summed E-state index contributed by atoms with van der Waals surface area (Å²) in [5, 5.41) is 20.1. The van der Waals surface area contributed by atoms with E-state index in [1.54, 1.807) is 0 Å². The lowest BCUT2D eigenvalue weighted by atomic mass is 10.0. The molecule has 0 amide bonds. The van der Waals surface area contributed by atoms with Crippen LogP contribution in [0.3, 0.4) is 0 Å². The molecule has 5 nitrogen and oxygen atoms in total. The van der Waals surface area contributed by atoms with Gasteiger partial charge < -0.3 is 4.74 Å². The number of rotatable bonds is 4. The lowest BCUT2D eigenvalue weighted by Gasteiger charge is -2.05. The van der Waals surface area contributed by atoms with Crippen LogP contribution in [0.15, 0.2) is 36.4 Å². The van der Waals surface area contributed by atoms with Crippen molar-refractivity contribution in [2.75, 3.05) is 7.11 Å². The minimum absolute atomic E-state index is 0.000985. The molecule has 0 fully saturated rings. The Morgan fingerprint density at radius 2 is 2.00 bits per heavy atom. The van der Waals surface area contributed by atoms with E-state index in [0.717, 1.165) is 12.1 Å². The zero-order chi connectivity index (χ0) is 17.0. The Kier molecular flexibility index (Phi) is 4.66. The number of hydrogen-bond acceptors (Lipinski definition) is 4. The number of nitro benzene ring substituents is 1. The van der Waals surface area contributed by atoms with Crippen LogP contribution in [0.25, 0.3) is 11.6 Å². The second-order valence-corrected chi connectivity index (χ2v) is 4.49. The molecule has 0 aliphatic carbocycles. The third-order valence-corrected chi connectivity index (χ3v) is 3.06. The Morgan fingerprint density at radius 1 is 1.26 bits per heavy atom. The average molecular weight is 316 g/mol. The number of nitriles is 1. The van der Waals surface area contributed by atoms with Gasteiger partial charge in [-0.1, -0.05) is 6.07 Å². The first-order chi connectivity index (χ1) is 11.0. The van der Waals surface area contributed by atoms with Crippen LogP contribution in [0.5, 0.6) is 5.75 Å². The standard InChI is InChI=1S/C16H10F2N2O3/c1-23-16-8-11(3-5-15(16)20(21)22)12(9-19)6-10-2-4-13(17)14(18)7-10/h2-8H,1H3. The fourth-order valence-corrected chi connectivity index (χ4v) is 1.94. The Labute approximate surface area is 130 Å². The summed E-state index contributed by atoms with van der Waals surface area (Å²) in [6.07, 6.45) is 1.35. The summed E-state index contributed by atoms with van der Waals surface area (Å²) < 4.78 is 31.1. The second-order valence-electron chi connectivity index (χ2n) is 4.49. The zero-order valence-electron chi connectivity index (χ0n) is 11.9. The van der Waals surface area contributed by atoms with Crippen molar-refractivity contribution in [2.45, 2.75) is 0 Å². The molecule has 0 aromatic heterocycles. The maximum atomic E-state index is 13.2. The predicted octanol–water partition coefficient (Wildman–Crippen LogP) is 3.95. The van der Waals surface area contributed by atoms with Crippen LogP contribution in [0.1, 0.15) is 11.1 Å². The third kappa shape index (κ3) is 3.49. The van der Waals surface area contributed by atoms with Gasteiger partial charge in [0.15, 0.2) is 17.4 Å². The molecule has 0 unspecified atom stereocenters. The fourth-order valence-electron chi connectivity index (χ4n) is 1.94. The topological polar surface area (TPSA) is 76.2 Å². The van der Waals surface area contributed by atoms with Crippen LogP contribution < -0.4 is 4.74 Å². The average Bonchev–Trinajstić information content (AvgIpc) is 2.55. The number of allylic oxidation sites excluding steroid dienone is 1. The van der Waals surface area contributed by atoms with Gasteiger partial charge in [0.25, 0.3) is 0 Å². The van der Waals surface area contributed by atoms with Gasteiger partial charge in [-0.2, -0.15) is 5.26 Å². The molecule has 7 heteroatoms.